The predicted octanol–water partition coefficient (Wildman–Crippen LogP) is 3.80. The molecule has 2 N–H and O–H groups in total. The number of phenolic OH excluding ortho intramolecular Hbond substituents is 1. The molecule has 0 saturated carbocycles. The number of phenols is 1. The lowest BCUT2D eigenvalue weighted by atomic mass is 10.0. The number of benzene rings is 2. The Bertz CT molecular complexity index is 1120. The van der Waals surface area contributed by atoms with E-state index in [1.807, 2.05) is 44.9 Å². The number of amides is 1. The molecular formula is C23H26N2O4. The molecule has 3 rings (SSSR count). The van der Waals surface area contributed by atoms with E-state index in [1.54, 1.807) is 19.1 Å². The maximum absolute atomic E-state index is 12.6. The topological polar surface area (TPSA) is 82.8 Å². The lowest BCUT2D eigenvalue weighted by Crippen LogP contribution is -2.30. The molecule has 0 fully saturated rings. The van der Waals surface area contributed by atoms with E-state index in [4.69, 9.17) is 4.42 Å². The molecule has 3 aromatic rings. The normalized spacial score (nSPS) is 11.2. The number of likely N-dealkylation sites (N-methyl/N-ethyl adjacent to an activating group) is 1. The highest BCUT2D eigenvalue weighted by molar-refractivity contribution is 5.94. The summed E-state index contributed by atoms with van der Waals surface area (Å²) in [4.78, 5) is 26.4. The van der Waals surface area contributed by atoms with Gasteiger partial charge in [-0.05, 0) is 63.6 Å². The highest BCUT2D eigenvalue weighted by Crippen LogP contribution is 2.28. The van der Waals surface area contributed by atoms with Gasteiger partial charge in [0, 0.05) is 29.2 Å². The third kappa shape index (κ3) is 4.49. The summed E-state index contributed by atoms with van der Waals surface area (Å²) in [6.07, 6.45) is 0. The second-order valence-electron chi connectivity index (χ2n) is 7.67. The molecule has 0 aliphatic carbocycles. The van der Waals surface area contributed by atoms with Gasteiger partial charge in [-0.15, -0.1) is 0 Å². The molecule has 0 aliphatic heterocycles. The third-order valence-corrected chi connectivity index (χ3v) is 5.01. The SMILES string of the molecule is Cc1cc(C)c(NC(=O)CN(C)Cc2cc(=O)oc3c(C)c(O)ccc23)c(C)c1. The van der Waals surface area contributed by atoms with Crippen molar-refractivity contribution in [3.63, 3.8) is 0 Å². The smallest absolute Gasteiger partial charge is 0.336 e. The minimum Gasteiger partial charge on any atom is -0.508 e. The van der Waals surface area contributed by atoms with Gasteiger partial charge < -0.3 is 14.8 Å². The number of hydrogen-bond donors (Lipinski definition) is 2. The predicted molar refractivity (Wildman–Crippen MR) is 115 cm³/mol. The van der Waals surface area contributed by atoms with Crippen molar-refractivity contribution in [2.75, 3.05) is 18.9 Å². The fraction of sp³-hybridized carbons (Fsp3) is 0.304. The van der Waals surface area contributed by atoms with Crippen LogP contribution in [0.5, 0.6) is 5.75 Å². The van der Waals surface area contributed by atoms with Gasteiger partial charge in [0.1, 0.15) is 11.3 Å². The molecule has 0 saturated heterocycles. The average Bonchev–Trinajstić information content (AvgIpc) is 2.61. The highest BCUT2D eigenvalue weighted by atomic mass is 16.4. The number of nitrogens with one attached hydrogen (secondary N) is 1. The van der Waals surface area contributed by atoms with Crippen LogP contribution in [0.3, 0.4) is 0 Å². The number of rotatable bonds is 5. The van der Waals surface area contributed by atoms with Crippen molar-refractivity contribution in [2.24, 2.45) is 0 Å². The van der Waals surface area contributed by atoms with Gasteiger partial charge in [0.05, 0.1) is 6.54 Å². The molecule has 0 unspecified atom stereocenters. The number of fused-ring (bicyclic) bond motifs is 1. The van der Waals surface area contributed by atoms with Crippen LogP contribution >= 0.6 is 0 Å². The minimum absolute atomic E-state index is 0.0781. The maximum atomic E-state index is 12.6. The molecule has 1 aromatic heterocycles. The Morgan fingerprint density at radius 3 is 2.41 bits per heavy atom. The van der Waals surface area contributed by atoms with Crippen molar-refractivity contribution in [2.45, 2.75) is 34.2 Å². The number of hydrogen-bond acceptors (Lipinski definition) is 5. The number of nitrogens with zero attached hydrogens (tertiary/aromatic N) is 1. The Balaban J connectivity index is 1.78. The molecule has 1 amide bonds. The Hall–Kier alpha value is -3.12. The minimum atomic E-state index is -0.482. The van der Waals surface area contributed by atoms with E-state index in [0.717, 1.165) is 33.3 Å². The van der Waals surface area contributed by atoms with E-state index < -0.39 is 5.63 Å². The summed E-state index contributed by atoms with van der Waals surface area (Å²) in [5.41, 5.74) is 5.21. The zero-order valence-electron chi connectivity index (χ0n) is 17.4. The van der Waals surface area contributed by atoms with E-state index in [-0.39, 0.29) is 18.2 Å². The van der Waals surface area contributed by atoms with Crippen molar-refractivity contribution >= 4 is 22.6 Å². The largest absolute Gasteiger partial charge is 0.508 e. The summed E-state index contributed by atoms with van der Waals surface area (Å²) in [5, 5.41) is 13.6. The summed E-state index contributed by atoms with van der Waals surface area (Å²) >= 11 is 0. The molecule has 0 atom stereocenters. The van der Waals surface area contributed by atoms with Crippen molar-refractivity contribution in [3.05, 3.63) is 68.6 Å². The van der Waals surface area contributed by atoms with Crippen LogP contribution in [0.2, 0.25) is 0 Å². The Labute approximate surface area is 169 Å². The fourth-order valence-corrected chi connectivity index (χ4v) is 3.69. The first-order chi connectivity index (χ1) is 13.7. The molecule has 6 heteroatoms. The van der Waals surface area contributed by atoms with Crippen LogP contribution in [-0.4, -0.2) is 29.5 Å². The van der Waals surface area contributed by atoms with Crippen molar-refractivity contribution in [3.8, 4) is 5.75 Å². The number of carbonyl (C=O) groups is 1. The summed E-state index contributed by atoms with van der Waals surface area (Å²) < 4.78 is 5.28. The van der Waals surface area contributed by atoms with Gasteiger partial charge in [-0.25, -0.2) is 4.79 Å². The van der Waals surface area contributed by atoms with Gasteiger partial charge in [0.25, 0.3) is 0 Å². The zero-order valence-corrected chi connectivity index (χ0v) is 17.4. The summed E-state index contributed by atoms with van der Waals surface area (Å²) in [6, 6.07) is 8.82. The maximum Gasteiger partial charge on any atom is 0.336 e. The monoisotopic (exact) mass is 394 g/mol. The van der Waals surface area contributed by atoms with Gasteiger partial charge in [-0.3, -0.25) is 9.69 Å². The van der Waals surface area contributed by atoms with Gasteiger partial charge in [0.2, 0.25) is 5.91 Å². The van der Waals surface area contributed by atoms with E-state index >= 15 is 0 Å². The molecule has 0 bridgehead atoms. The van der Waals surface area contributed by atoms with Crippen molar-refractivity contribution in [1.82, 2.24) is 4.90 Å². The van der Waals surface area contributed by atoms with Gasteiger partial charge in [0.15, 0.2) is 0 Å². The van der Waals surface area contributed by atoms with Crippen molar-refractivity contribution in [1.29, 1.82) is 0 Å². The van der Waals surface area contributed by atoms with Crippen LogP contribution in [0.4, 0.5) is 5.69 Å². The van der Waals surface area contributed by atoms with Gasteiger partial charge in [-0.2, -0.15) is 0 Å². The van der Waals surface area contributed by atoms with Gasteiger partial charge in [-0.1, -0.05) is 17.7 Å². The molecule has 29 heavy (non-hydrogen) atoms. The first-order valence-electron chi connectivity index (χ1n) is 9.47. The van der Waals surface area contributed by atoms with Crippen LogP contribution in [-0.2, 0) is 11.3 Å². The van der Waals surface area contributed by atoms with Crippen LogP contribution in [0.25, 0.3) is 11.0 Å². The van der Waals surface area contributed by atoms with E-state index in [1.165, 1.54) is 6.07 Å². The van der Waals surface area contributed by atoms with Crippen LogP contribution in [0, 0.1) is 27.7 Å². The second kappa shape index (κ2) is 8.09. The third-order valence-electron chi connectivity index (χ3n) is 5.01. The molecule has 1 heterocycles. The molecular weight excluding hydrogens is 368 g/mol. The molecule has 0 aliphatic rings. The second-order valence-corrected chi connectivity index (χ2v) is 7.67. The lowest BCUT2D eigenvalue weighted by Gasteiger charge is -2.19. The molecule has 152 valence electrons. The fourth-order valence-electron chi connectivity index (χ4n) is 3.69. The highest BCUT2D eigenvalue weighted by Gasteiger charge is 2.15. The van der Waals surface area contributed by atoms with Crippen LogP contribution in [0.15, 0.2) is 39.5 Å². The molecule has 2 aromatic carbocycles. The molecule has 6 nitrogen and oxygen atoms in total. The van der Waals surface area contributed by atoms with E-state index in [9.17, 15) is 14.7 Å². The average molecular weight is 394 g/mol. The standard InChI is InChI=1S/C23H26N2O4/c1-13-8-14(2)22(15(3)9-13)24-20(27)12-25(5)11-17-10-21(28)29-23-16(4)19(26)7-6-18(17)23/h6-10,26H,11-12H2,1-5H3,(H,24,27). The van der Waals surface area contributed by atoms with Gasteiger partial charge >= 0.3 is 5.63 Å². The summed E-state index contributed by atoms with van der Waals surface area (Å²) in [7, 11) is 1.82. The van der Waals surface area contributed by atoms with Crippen LogP contribution in [0.1, 0.15) is 27.8 Å². The van der Waals surface area contributed by atoms with Crippen molar-refractivity contribution < 1.29 is 14.3 Å². The number of carbonyl (C=O) groups excluding carboxylic acids is 1. The zero-order chi connectivity index (χ0) is 21.3. The van der Waals surface area contributed by atoms with E-state index in [2.05, 4.69) is 5.32 Å². The quantitative estimate of drug-likeness (QED) is 0.643. The Morgan fingerprint density at radius 1 is 1.10 bits per heavy atom. The molecule has 0 spiro atoms. The first kappa shape index (κ1) is 20.6. The Kier molecular flexibility index (Phi) is 5.75. The number of aryl methyl sites for hydroxylation is 4. The lowest BCUT2D eigenvalue weighted by molar-refractivity contribution is -0.117. The van der Waals surface area contributed by atoms with E-state index in [0.29, 0.717) is 17.7 Å². The molecule has 0 radical (unpaired) electrons. The number of aromatic hydroxyl groups is 1. The first-order valence-corrected chi connectivity index (χ1v) is 9.47. The summed E-state index contributed by atoms with van der Waals surface area (Å²) in [6.45, 7) is 8.26. The van der Waals surface area contributed by atoms with Crippen LogP contribution < -0.4 is 10.9 Å². The Morgan fingerprint density at radius 2 is 1.76 bits per heavy atom. The summed E-state index contributed by atoms with van der Waals surface area (Å²) in [5.74, 6) is -0.0435. The number of anilines is 1.